The molecule has 1 aromatic heterocycles. The maximum absolute atomic E-state index is 12.6. The van der Waals surface area contributed by atoms with Gasteiger partial charge in [-0.3, -0.25) is 10.1 Å². The highest BCUT2D eigenvalue weighted by atomic mass is 19.4. The Hall–Kier alpha value is -2.06. The number of aromatic nitrogens is 1. The Labute approximate surface area is 120 Å². The fourth-order valence-corrected chi connectivity index (χ4v) is 1.84. The summed E-state index contributed by atoms with van der Waals surface area (Å²) >= 11 is 0. The Balaban J connectivity index is 3.24. The second kappa shape index (κ2) is 7.09. The summed E-state index contributed by atoms with van der Waals surface area (Å²) in [6.45, 7) is 2.76. The fraction of sp³-hybridized carbons (Fsp3) is 0.583. The van der Waals surface area contributed by atoms with Crippen LogP contribution < -0.4 is 10.2 Å². The molecule has 0 spiro atoms. The van der Waals surface area contributed by atoms with E-state index < -0.39 is 23.3 Å². The first kappa shape index (κ1) is 17.0. The first-order valence-electron chi connectivity index (χ1n) is 6.49. The van der Waals surface area contributed by atoms with Gasteiger partial charge in [-0.25, -0.2) is 4.98 Å². The van der Waals surface area contributed by atoms with Gasteiger partial charge < -0.3 is 10.2 Å². The van der Waals surface area contributed by atoms with Gasteiger partial charge in [-0.2, -0.15) is 13.2 Å². The molecular weight excluding hydrogens is 289 g/mol. The van der Waals surface area contributed by atoms with E-state index in [4.69, 9.17) is 0 Å². The van der Waals surface area contributed by atoms with Gasteiger partial charge >= 0.3 is 11.9 Å². The number of nitrogens with zero attached hydrogens (tertiary/aromatic N) is 3. The van der Waals surface area contributed by atoms with Crippen LogP contribution in [-0.4, -0.2) is 35.7 Å². The van der Waals surface area contributed by atoms with E-state index >= 15 is 0 Å². The van der Waals surface area contributed by atoms with Crippen molar-refractivity contribution in [2.24, 2.45) is 0 Å². The molecule has 21 heavy (non-hydrogen) atoms. The number of hydrogen-bond donors (Lipinski definition) is 1. The molecule has 118 valence electrons. The summed E-state index contributed by atoms with van der Waals surface area (Å²) in [6.07, 6.45) is -4.04. The smallest absolute Gasteiger partial charge is 0.370 e. The highest BCUT2D eigenvalue weighted by Crippen LogP contribution is 2.30. The Bertz CT molecular complexity index is 494. The lowest BCUT2D eigenvalue weighted by atomic mass is 10.3. The number of pyridine rings is 1. The summed E-state index contributed by atoms with van der Waals surface area (Å²) in [7, 11) is 0. The van der Waals surface area contributed by atoms with Crippen LogP contribution in [0.2, 0.25) is 0 Å². The molecule has 1 heterocycles. The van der Waals surface area contributed by atoms with Gasteiger partial charge in [0.05, 0.1) is 4.92 Å². The van der Waals surface area contributed by atoms with Crippen molar-refractivity contribution >= 4 is 17.3 Å². The predicted molar refractivity (Wildman–Crippen MR) is 73.6 cm³/mol. The Kier molecular flexibility index (Phi) is 5.74. The molecule has 1 N–H and O–H groups in total. The van der Waals surface area contributed by atoms with Gasteiger partial charge in [0.15, 0.2) is 0 Å². The number of alkyl halides is 3. The molecule has 0 aliphatic carbocycles. The Morgan fingerprint density at radius 2 is 2.05 bits per heavy atom. The van der Waals surface area contributed by atoms with Crippen LogP contribution in [-0.2, 0) is 0 Å². The molecule has 1 rings (SSSR count). The van der Waals surface area contributed by atoms with Crippen molar-refractivity contribution in [1.29, 1.82) is 0 Å². The molecule has 9 heteroatoms. The monoisotopic (exact) mass is 306 g/mol. The van der Waals surface area contributed by atoms with Crippen molar-refractivity contribution in [3.63, 3.8) is 0 Å². The lowest BCUT2D eigenvalue weighted by Gasteiger charge is -2.24. The minimum absolute atomic E-state index is 0.0307. The van der Waals surface area contributed by atoms with Crippen LogP contribution in [0.4, 0.5) is 30.5 Å². The zero-order valence-corrected chi connectivity index (χ0v) is 11.8. The predicted octanol–water partition coefficient (Wildman–Crippen LogP) is 3.20. The Morgan fingerprint density at radius 1 is 1.38 bits per heavy atom. The molecule has 0 aliphatic heterocycles. The van der Waals surface area contributed by atoms with Crippen LogP contribution in [0.1, 0.15) is 20.3 Å². The van der Waals surface area contributed by atoms with E-state index in [9.17, 15) is 23.3 Å². The third-order valence-corrected chi connectivity index (χ3v) is 2.57. The summed E-state index contributed by atoms with van der Waals surface area (Å²) in [5, 5.41) is 13.8. The van der Waals surface area contributed by atoms with Crippen LogP contribution in [0.25, 0.3) is 0 Å². The van der Waals surface area contributed by atoms with Crippen LogP contribution in [0.5, 0.6) is 0 Å². The number of halogens is 3. The lowest BCUT2D eigenvalue weighted by Crippen LogP contribution is -2.36. The average Bonchev–Trinajstić information content (AvgIpc) is 2.36. The number of hydrogen-bond acceptors (Lipinski definition) is 5. The van der Waals surface area contributed by atoms with Crippen molar-refractivity contribution in [3.05, 3.63) is 22.2 Å². The highest BCUT2D eigenvalue weighted by Gasteiger charge is 2.33. The van der Waals surface area contributed by atoms with Gasteiger partial charge in [0.2, 0.25) is 5.82 Å². The third-order valence-electron chi connectivity index (χ3n) is 2.57. The number of anilines is 2. The molecular formula is C12H17F3N4O2. The minimum atomic E-state index is -4.46. The molecule has 0 saturated carbocycles. The summed E-state index contributed by atoms with van der Waals surface area (Å²) in [4.78, 5) is 15.1. The zero-order valence-electron chi connectivity index (χ0n) is 11.8. The van der Waals surface area contributed by atoms with Crippen LogP contribution in [0.15, 0.2) is 12.1 Å². The third kappa shape index (κ3) is 5.09. The molecule has 0 fully saturated rings. The van der Waals surface area contributed by atoms with Crippen molar-refractivity contribution in [2.45, 2.75) is 26.4 Å². The fourth-order valence-electron chi connectivity index (χ4n) is 1.84. The summed E-state index contributed by atoms with van der Waals surface area (Å²) in [6, 6.07) is 2.54. The summed E-state index contributed by atoms with van der Waals surface area (Å²) < 4.78 is 37.9. The normalized spacial score (nSPS) is 11.3. The van der Waals surface area contributed by atoms with E-state index in [1.807, 2.05) is 0 Å². The SMILES string of the molecule is CCCN(CC(F)(F)F)c1nc(NCC)ccc1[N+](=O)[O-]. The van der Waals surface area contributed by atoms with Gasteiger partial charge in [-0.1, -0.05) is 6.92 Å². The largest absolute Gasteiger partial charge is 0.405 e. The van der Waals surface area contributed by atoms with E-state index in [2.05, 4.69) is 10.3 Å². The zero-order chi connectivity index (χ0) is 16.0. The van der Waals surface area contributed by atoms with Crippen molar-refractivity contribution in [1.82, 2.24) is 4.98 Å². The number of nitrogens with one attached hydrogen (secondary N) is 1. The van der Waals surface area contributed by atoms with Crippen LogP contribution in [0, 0.1) is 10.1 Å². The molecule has 0 aromatic carbocycles. The molecule has 0 bridgehead atoms. The van der Waals surface area contributed by atoms with E-state index in [0.717, 1.165) is 4.90 Å². The molecule has 1 aromatic rings. The van der Waals surface area contributed by atoms with E-state index in [0.29, 0.717) is 18.8 Å². The summed E-state index contributed by atoms with van der Waals surface area (Å²) in [5.41, 5.74) is -0.436. The van der Waals surface area contributed by atoms with Crippen LogP contribution in [0.3, 0.4) is 0 Å². The molecule has 0 radical (unpaired) electrons. The van der Waals surface area contributed by atoms with E-state index in [-0.39, 0.29) is 12.4 Å². The van der Waals surface area contributed by atoms with Crippen LogP contribution >= 0.6 is 0 Å². The first-order valence-corrected chi connectivity index (χ1v) is 6.49. The Morgan fingerprint density at radius 3 is 2.52 bits per heavy atom. The van der Waals surface area contributed by atoms with Gasteiger partial charge in [0, 0.05) is 19.2 Å². The van der Waals surface area contributed by atoms with Crippen molar-refractivity contribution in [2.75, 3.05) is 29.9 Å². The van der Waals surface area contributed by atoms with Gasteiger partial charge in [-0.05, 0) is 19.4 Å². The average molecular weight is 306 g/mol. The van der Waals surface area contributed by atoms with Crippen molar-refractivity contribution in [3.8, 4) is 0 Å². The van der Waals surface area contributed by atoms with Crippen molar-refractivity contribution < 1.29 is 18.1 Å². The molecule has 0 amide bonds. The van der Waals surface area contributed by atoms with Gasteiger partial charge in [0.1, 0.15) is 12.4 Å². The topological polar surface area (TPSA) is 71.3 Å². The molecule has 6 nitrogen and oxygen atoms in total. The molecule has 0 atom stereocenters. The van der Waals surface area contributed by atoms with E-state index in [1.54, 1.807) is 13.8 Å². The highest BCUT2D eigenvalue weighted by molar-refractivity contribution is 5.62. The molecule has 0 saturated heterocycles. The van der Waals surface area contributed by atoms with Gasteiger partial charge in [-0.15, -0.1) is 0 Å². The number of nitro groups is 1. The quantitative estimate of drug-likeness (QED) is 0.618. The standard InChI is InChI=1S/C12H17F3N4O2/c1-3-7-18(8-12(13,14)15)11-9(19(20)21)5-6-10(17-11)16-4-2/h5-6H,3-4,7-8H2,1-2H3,(H,16,17). The number of rotatable bonds is 7. The second-order valence-electron chi connectivity index (χ2n) is 4.36. The lowest BCUT2D eigenvalue weighted by molar-refractivity contribution is -0.384. The summed E-state index contributed by atoms with van der Waals surface area (Å²) in [5.74, 6) is 0.0407. The first-order chi connectivity index (χ1) is 9.78. The maximum atomic E-state index is 12.6. The van der Waals surface area contributed by atoms with Gasteiger partial charge in [0.25, 0.3) is 0 Å². The molecule has 0 unspecified atom stereocenters. The van der Waals surface area contributed by atoms with E-state index in [1.165, 1.54) is 12.1 Å². The second-order valence-corrected chi connectivity index (χ2v) is 4.36. The molecule has 0 aliphatic rings. The maximum Gasteiger partial charge on any atom is 0.405 e. The minimum Gasteiger partial charge on any atom is -0.370 e.